The minimum absolute atomic E-state index is 0.00838. The fourth-order valence-corrected chi connectivity index (χ4v) is 1.84. The number of nitro groups is 1. The lowest BCUT2D eigenvalue weighted by molar-refractivity contribution is -0.385. The van der Waals surface area contributed by atoms with Gasteiger partial charge in [0.25, 0.3) is 5.69 Å². The fraction of sp³-hybridized carbons (Fsp3) is 0.455. The van der Waals surface area contributed by atoms with Crippen molar-refractivity contribution >= 4 is 5.69 Å². The number of nitrogens with two attached hydrogens (primary N) is 1. The summed E-state index contributed by atoms with van der Waals surface area (Å²) in [6, 6.07) is 3.65. The molecule has 1 aromatic rings. The standard InChI is InChI=1S/C11H14N2O3/c12-10(5-7-1-2-7)9-6-8(14)3-4-11(9)13(15)16/h3-4,6-7,10,14H,1-2,5,12H2/t10-/m0/s1. The van der Waals surface area contributed by atoms with Crippen LogP contribution in [0.1, 0.15) is 30.9 Å². The predicted octanol–water partition coefficient (Wildman–Crippen LogP) is 2.10. The van der Waals surface area contributed by atoms with Gasteiger partial charge in [-0.1, -0.05) is 12.8 Å². The third-order valence-electron chi connectivity index (χ3n) is 2.89. The molecule has 5 heteroatoms. The van der Waals surface area contributed by atoms with E-state index in [1.54, 1.807) is 0 Å². The van der Waals surface area contributed by atoms with Gasteiger partial charge < -0.3 is 10.8 Å². The van der Waals surface area contributed by atoms with Crippen molar-refractivity contribution in [3.63, 3.8) is 0 Å². The smallest absolute Gasteiger partial charge is 0.274 e. The lowest BCUT2D eigenvalue weighted by Crippen LogP contribution is -2.13. The van der Waals surface area contributed by atoms with Crippen LogP contribution in [0.3, 0.4) is 0 Å². The lowest BCUT2D eigenvalue weighted by Gasteiger charge is -2.11. The van der Waals surface area contributed by atoms with E-state index in [1.165, 1.54) is 18.2 Å². The van der Waals surface area contributed by atoms with Crippen molar-refractivity contribution in [1.29, 1.82) is 0 Å². The van der Waals surface area contributed by atoms with Crippen molar-refractivity contribution in [1.82, 2.24) is 0 Å². The summed E-state index contributed by atoms with van der Waals surface area (Å²) >= 11 is 0. The average Bonchev–Trinajstić information content (AvgIpc) is 3.01. The van der Waals surface area contributed by atoms with Gasteiger partial charge >= 0.3 is 0 Å². The molecule has 0 aliphatic heterocycles. The SMILES string of the molecule is N[C@@H](CC1CC1)c1cc(O)ccc1[N+](=O)[O-]. The van der Waals surface area contributed by atoms with Crippen LogP contribution in [0, 0.1) is 16.0 Å². The van der Waals surface area contributed by atoms with Crippen LogP contribution in [0.25, 0.3) is 0 Å². The Morgan fingerprint density at radius 3 is 2.81 bits per heavy atom. The fourth-order valence-electron chi connectivity index (χ4n) is 1.84. The second-order valence-electron chi connectivity index (χ2n) is 4.29. The van der Waals surface area contributed by atoms with Gasteiger partial charge in [-0.25, -0.2) is 0 Å². The number of benzene rings is 1. The van der Waals surface area contributed by atoms with E-state index in [4.69, 9.17) is 5.73 Å². The molecular weight excluding hydrogens is 208 g/mol. The molecule has 16 heavy (non-hydrogen) atoms. The summed E-state index contributed by atoms with van der Waals surface area (Å²) in [5, 5.41) is 20.1. The van der Waals surface area contributed by atoms with E-state index in [0.29, 0.717) is 11.5 Å². The van der Waals surface area contributed by atoms with Crippen LogP contribution < -0.4 is 5.73 Å². The second-order valence-corrected chi connectivity index (χ2v) is 4.29. The summed E-state index contributed by atoms with van der Waals surface area (Å²) in [5.74, 6) is 0.615. The molecule has 0 amide bonds. The van der Waals surface area contributed by atoms with Crippen molar-refractivity contribution < 1.29 is 10.0 Å². The molecule has 0 aromatic heterocycles. The topological polar surface area (TPSA) is 89.4 Å². The third-order valence-corrected chi connectivity index (χ3v) is 2.89. The predicted molar refractivity (Wildman–Crippen MR) is 59.0 cm³/mol. The Labute approximate surface area is 93.0 Å². The Kier molecular flexibility index (Phi) is 2.78. The maximum absolute atomic E-state index is 10.8. The van der Waals surface area contributed by atoms with E-state index >= 15 is 0 Å². The van der Waals surface area contributed by atoms with E-state index < -0.39 is 4.92 Å². The van der Waals surface area contributed by atoms with Crippen LogP contribution in [-0.2, 0) is 0 Å². The number of rotatable bonds is 4. The molecule has 0 saturated heterocycles. The maximum Gasteiger partial charge on any atom is 0.274 e. The van der Waals surface area contributed by atoms with Gasteiger partial charge in [0.2, 0.25) is 0 Å². The Bertz CT molecular complexity index is 416. The molecule has 0 spiro atoms. The first-order chi connectivity index (χ1) is 7.58. The monoisotopic (exact) mass is 222 g/mol. The number of phenolic OH excluding ortho intramolecular Hbond substituents is 1. The molecule has 3 N–H and O–H groups in total. The van der Waals surface area contributed by atoms with Crippen LogP contribution in [-0.4, -0.2) is 10.0 Å². The van der Waals surface area contributed by atoms with Crippen LogP contribution in [0.15, 0.2) is 18.2 Å². The molecule has 0 radical (unpaired) electrons. The Morgan fingerprint density at radius 2 is 2.25 bits per heavy atom. The van der Waals surface area contributed by atoms with Gasteiger partial charge in [0.15, 0.2) is 0 Å². The van der Waals surface area contributed by atoms with Gasteiger partial charge in [-0.05, 0) is 24.5 Å². The molecule has 2 rings (SSSR count). The van der Waals surface area contributed by atoms with Crippen LogP contribution in [0.5, 0.6) is 5.75 Å². The number of aromatic hydroxyl groups is 1. The van der Waals surface area contributed by atoms with Crippen molar-refractivity contribution in [3.8, 4) is 5.75 Å². The quantitative estimate of drug-likeness (QED) is 0.603. The Balaban J connectivity index is 2.27. The first-order valence-electron chi connectivity index (χ1n) is 5.31. The molecule has 1 aliphatic carbocycles. The molecule has 0 unspecified atom stereocenters. The summed E-state index contributed by atoms with van der Waals surface area (Å²) in [5.41, 5.74) is 6.35. The first kappa shape index (κ1) is 10.9. The molecule has 1 fully saturated rings. The molecule has 1 aliphatic rings. The van der Waals surface area contributed by atoms with Gasteiger partial charge in [0.1, 0.15) is 5.75 Å². The third kappa shape index (κ3) is 2.30. The molecule has 1 aromatic carbocycles. The number of hydrogen-bond donors (Lipinski definition) is 2. The maximum atomic E-state index is 10.8. The highest BCUT2D eigenvalue weighted by molar-refractivity contribution is 5.46. The minimum Gasteiger partial charge on any atom is -0.508 e. The zero-order valence-electron chi connectivity index (χ0n) is 8.80. The number of nitro benzene ring substituents is 1. The molecule has 1 atom stereocenters. The molecule has 0 heterocycles. The Hall–Kier alpha value is -1.62. The highest BCUT2D eigenvalue weighted by Gasteiger charge is 2.28. The zero-order valence-corrected chi connectivity index (χ0v) is 8.80. The van der Waals surface area contributed by atoms with Crippen molar-refractivity contribution in [2.75, 3.05) is 0 Å². The molecular formula is C11H14N2O3. The van der Waals surface area contributed by atoms with Crippen LogP contribution in [0.2, 0.25) is 0 Å². The van der Waals surface area contributed by atoms with Gasteiger partial charge in [0, 0.05) is 12.1 Å². The van der Waals surface area contributed by atoms with Crippen molar-refractivity contribution in [2.45, 2.75) is 25.3 Å². The minimum atomic E-state index is -0.457. The highest BCUT2D eigenvalue weighted by Crippen LogP contribution is 2.39. The van der Waals surface area contributed by atoms with E-state index in [-0.39, 0.29) is 17.5 Å². The normalized spacial score (nSPS) is 17.1. The largest absolute Gasteiger partial charge is 0.508 e. The number of nitrogens with zero attached hydrogens (tertiary/aromatic N) is 1. The summed E-state index contributed by atoms with van der Waals surface area (Å²) in [4.78, 5) is 10.4. The van der Waals surface area contributed by atoms with Crippen LogP contribution >= 0.6 is 0 Å². The van der Waals surface area contributed by atoms with Crippen molar-refractivity contribution in [3.05, 3.63) is 33.9 Å². The summed E-state index contributed by atoms with van der Waals surface area (Å²) in [6.07, 6.45) is 3.06. The van der Waals surface area contributed by atoms with E-state index in [2.05, 4.69) is 0 Å². The highest BCUT2D eigenvalue weighted by atomic mass is 16.6. The number of hydrogen-bond acceptors (Lipinski definition) is 4. The molecule has 0 bridgehead atoms. The van der Waals surface area contributed by atoms with E-state index in [1.807, 2.05) is 0 Å². The Morgan fingerprint density at radius 1 is 1.56 bits per heavy atom. The van der Waals surface area contributed by atoms with Crippen molar-refractivity contribution in [2.24, 2.45) is 11.7 Å². The zero-order chi connectivity index (χ0) is 11.7. The number of phenols is 1. The van der Waals surface area contributed by atoms with E-state index in [0.717, 1.165) is 19.3 Å². The van der Waals surface area contributed by atoms with Gasteiger partial charge in [-0.15, -0.1) is 0 Å². The van der Waals surface area contributed by atoms with Gasteiger partial charge in [-0.2, -0.15) is 0 Å². The lowest BCUT2D eigenvalue weighted by atomic mass is 10.00. The molecule has 1 saturated carbocycles. The summed E-state index contributed by atoms with van der Waals surface area (Å²) in [6.45, 7) is 0. The second kappa shape index (κ2) is 4.09. The average molecular weight is 222 g/mol. The van der Waals surface area contributed by atoms with Crippen LogP contribution in [0.4, 0.5) is 5.69 Å². The molecule has 5 nitrogen and oxygen atoms in total. The first-order valence-corrected chi connectivity index (χ1v) is 5.31. The van der Waals surface area contributed by atoms with Gasteiger partial charge in [0.05, 0.1) is 10.5 Å². The summed E-state index contributed by atoms with van der Waals surface area (Å²) in [7, 11) is 0. The summed E-state index contributed by atoms with van der Waals surface area (Å²) < 4.78 is 0. The van der Waals surface area contributed by atoms with Gasteiger partial charge in [-0.3, -0.25) is 10.1 Å². The molecule has 86 valence electrons. The van der Waals surface area contributed by atoms with E-state index in [9.17, 15) is 15.2 Å².